The van der Waals surface area contributed by atoms with Gasteiger partial charge in [-0.3, -0.25) is 0 Å². The van der Waals surface area contributed by atoms with Gasteiger partial charge in [0, 0.05) is 12.1 Å². The Balaban J connectivity index is 1.78. The molecule has 2 aliphatic rings. The van der Waals surface area contributed by atoms with Crippen molar-refractivity contribution in [3.05, 3.63) is 47.3 Å². The van der Waals surface area contributed by atoms with Gasteiger partial charge in [-0.25, -0.2) is 4.39 Å². The molecule has 0 radical (unpaired) electrons. The minimum absolute atomic E-state index is 0.0105. The average Bonchev–Trinajstić information content (AvgIpc) is 3.05. The summed E-state index contributed by atoms with van der Waals surface area (Å²) < 4.78 is 30.0. The Morgan fingerprint density at radius 2 is 2.04 bits per heavy atom. The monoisotopic (exact) mass is 331 g/mol. The zero-order chi connectivity index (χ0) is 16.7. The summed E-state index contributed by atoms with van der Waals surface area (Å²) in [4.78, 5) is 1.31. The highest BCUT2D eigenvalue weighted by molar-refractivity contribution is 5.62. The second-order valence-corrected chi connectivity index (χ2v) is 6.15. The highest BCUT2D eigenvalue weighted by atomic mass is 19.1. The zero-order valence-electron chi connectivity index (χ0n) is 13.7. The van der Waals surface area contributed by atoms with Gasteiger partial charge in [0.25, 0.3) is 0 Å². The smallest absolute Gasteiger partial charge is 0.231 e. The average molecular weight is 331 g/mol. The molecule has 4 rings (SSSR count). The third kappa shape index (κ3) is 2.43. The van der Waals surface area contributed by atoms with E-state index in [1.165, 1.54) is 22.6 Å². The van der Waals surface area contributed by atoms with E-state index in [1.807, 2.05) is 6.07 Å². The topological polar surface area (TPSA) is 44.2 Å². The molecular formula is C18H20FN2O3+. The molecule has 0 aliphatic carbocycles. The van der Waals surface area contributed by atoms with Crippen LogP contribution in [0.25, 0.3) is 0 Å². The van der Waals surface area contributed by atoms with Gasteiger partial charge >= 0.3 is 0 Å². The second-order valence-electron chi connectivity index (χ2n) is 6.15. The Morgan fingerprint density at radius 3 is 2.79 bits per heavy atom. The van der Waals surface area contributed by atoms with Gasteiger partial charge in [-0.2, -0.15) is 0 Å². The lowest BCUT2D eigenvalue weighted by molar-refractivity contribution is -0.910. The van der Waals surface area contributed by atoms with Crippen LogP contribution in [0.4, 0.5) is 10.1 Å². The summed E-state index contributed by atoms with van der Waals surface area (Å²) >= 11 is 0. The van der Waals surface area contributed by atoms with Crippen LogP contribution < -0.4 is 24.4 Å². The van der Waals surface area contributed by atoms with Crippen LogP contribution in [-0.4, -0.2) is 27.5 Å². The number of rotatable bonds is 3. The predicted molar refractivity (Wildman–Crippen MR) is 87.3 cm³/mol. The normalized spacial score (nSPS) is 21.3. The van der Waals surface area contributed by atoms with Gasteiger partial charge in [0.1, 0.15) is 5.82 Å². The second kappa shape index (κ2) is 5.87. The van der Waals surface area contributed by atoms with E-state index in [2.05, 4.69) is 12.4 Å². The summed E-state index contributed by atoms with van der Waals surface area (Å²) in [5.41, 5.74) is 3.14. The molecule has 0 saturated heterocycles. The molecule has 2 heterocycles. The number of methoxy groups -OCH3 is 1. The Labute approximate surface area is 139 Å². The Kier molecular flexibility index (Phi) is 3.69. The van der Waals surface area contributed by atoms with E-state index in [0.29, 0.717) is 5.75 Å². The SMILES string of the molecule is COc1c2c(cc3c1[C@H](Nc1ccc(F)cc1)[NH+](C)CC3)OCO2. The molecule has 0 aromatic heterocycles. The van der Waals surface area contributed by atoms with Crippen LogP contribution in [-0.2, 0) is 6.42 Å². The molecule has 0 bridgehead atoms. The van der Waals surface area contributed by atoms with Crippen molar-refractivity contribution in [3.63, 3.8) is 0 Å². The highest BCUT2D eigenvalue weighted by Crippen LogP contribution is 2.47. The van der Waals surface area contributed by atoms with Gasteiger partial charge in [0.15, 0.2) is 17.7 Å². The van der Waals surface area contributed by atoms with E-state index >= 15 is 0 Å². The number of fused-ring (bicyclic) bond motifs is 2. The molecule has 6 heteroatoms. The standard InChI is InChI=1S/C18H19FN2O3/c1-21-8-7-11-9-14-16(24-10-23-14)17(22-2)15(11)18(21)20-13-5-3-12(19)4-6-13/h3-6,9,18,20H,7-8,10H2,1-2H3/p+1/t18-/m1/s1. The molecule has 0 fully saturated rings. The first kappa shape index (κ1) is 15.1. The number of likely N-dealkylation sites (N-methyl/N-ethyl adjacent to an activating group) is 1. The van der Waals surface area contributed by atoms with Crippen molar-refractivity contribution in [1.82, 2.24) is 0 Å². The van der Waals surface area contributed by atoms with Gasteiger partial charge in [-0.05, 0) is 35.9 Å². The fourth-order valence-electron chi connectivity index (χ4n) is 3.43. The number of hydrogen-bond donors (Lipinski definition) is 2. The van der Waals surface area contributed by atoms with Crippen LogP contribution in [0.5, 0.6) is 17.2 Å². The molecule has 2 aromatic carbocycles. The van der Waals surface area contributed by atoms with Crippen LogP contribution in [0.2, 0.25) is 0 Å². The highest BCUT2D eigenvalue weighted by Gasteiger charge is 2.36. The minimum atomic E-state index is -0.244. The number of hydrogen-bond acceptors (Lipinski definition) is 4. The van der Waals surface area contributed by atoms with Crippen LogP contribution >= 0.6 is 0 Å². The van der Waals surface area contributed by atoms with E-state index in [9.17, 15) is 4.39 Å². The van der Waals surface area contributed by atoms with Crippen molar-refractivity contribution >= 4 is 5.69 Å². The number of halogens is 1. The molecule has 2 aliphatic heterocycles. The van der Waals surface area contributed by atoms with Crippen LogP contribution in [0, 0.1) is 5.82 Å². The molecule has 5 nitrogen and oxygen atoms in total. The summed E-state index contributed by atoms with van der Waals surface area (Å²) in [6.07, 6.45) is 0.930. The molecule has 2 N–H and O–H groups in total. The fourth-order valence-corrected chi connectivity index (χ4v) is 3.43. The van der Waals surface area contributed by atoms with Gasteiger partial charge < -0.3 is 24.4 Å². The maximum absolute atomic E-state index is 13.2. The summed E-state index contributed by atoms with van der Waals surface area (Å²) in [6, 6.07) is 8.45. The molecule has 0 spiro atoms. The Hall–Kier alpha value is -2.47. The first-order valence-electron chi connectivity index (χ1n) is 8.01. The van der Waals surface area contributed by atoms with Gasteiger partial charge in [0.2, 0.25) is 12.5 Å². The van der Waals surface area contributed by atoms with E-state index in [1.54, 1.807) is 19.2 Å². The number of quaternary nitrogens is 1. The van der Waals surface area contributed by atoms with Gasteiger partial charge in [-0.1, -0.05) is 0 Å². The number of benzene rings is 2. The Morgan fingerprint density at radius 1 is 1.25 bits per heavy atom. The lowest BCUT2D eigenvalue weighted by atomic mass is 9.94. The Bertz CT molecular complexity index is 764. The van der Waals surface area contributed by atoms with Crippen LogP contribution in [0.1, 0.15) is 17.3 Å². The summed E-state index contributed by atoms with van der Waals surface area (Å²) in [5, 5.41) is 3.50. The summed E-state index contributed by atoms with van der Waals surface area (Å²) in [7, 11) is 3.78. The molecule has 126 valence electrons. The van der Waals surface area contributed by atoms with Crippen molar-refractivity contribution in [2.75, 3.05) is 32.8 Å². The van der Waals surface area contributed by atoms with Crippen molar-refractivity contribution in [2.45, 2.75) is 12.6 Å². The summed E-state index contributed by atoms with van der Waals surface area (Å²) in [5.74, 6) is 1.88. The molecule has 0 amide bonds. The fraction of sp³-hybridized carbons (Fsp3) is 0.333. The van der Waals surface area contributed by atoms with Gasteiger partial charge in [0.05, 0.1) is 26.3 Å². The molecule has 1 unspecified atom stereocenters. The number of nitrogens with one attached hydrogen (secondary N) is 2. The van der Waals surface area contributed by atoms with Crippen LogP contribution in [0.15, 0.2) is 30.3 Å². The largest absolute Gasteiger partial charge is 0.492 e. The molecule has 2 aromatic rings. The third-order valence-corrected chi connectivity index (χ3v) is 4.67. The first-order chi connectivity index (χ1) is 11.7. The minimum Gasteiger partial charge on any atom is -0.492 e. The first-order valence-corrected chi connectivity index (χ1v) is 8.01. The van der Waals surface area contributed by atoms with Crippen molar-refractivity contribution in [2.24, 2.45) is 0 Å². The maximum atomic E-state index is 13.2. The van der Waals surface area contributed by atoms with E-state index in [4.69, 9.17) is 14.2 Å². The lowest BCUT2D eigenvalue weighted by Gasteiger charge is -2.33. The van der Waals surface area contributed by atoms with Gasteiger partial charge in [-0.15, -0.1) is 0 Å². The molecule has 24 heavy (non-hydrogen) atoms. The van der Waals surface area contributed by atoms with E-state index in [-0.39, 0.29) is 18.8 Å². The van der Waals surface area contributed by atoms with Crippen LogP contribution in [0.3, 0.4) is 0 Å². The lowest BCUT2D eigenvalue weighted by Crippen LogP contribution is -3.11. The summed E-state index contributed by atoms with van der Waals surface area (Å²) in [6.45, 7) is 1.20. The molecule has 2 atom stereocenters. The maximum Gasteiger partial charge on any atom is 0.231 e. The quantitative estimate of drug-likeness (QED) is 0.899. The van der Waals surface area contributed by atoms with E-state index < -0.39 is 0 Å². The number of anilines is 1. The van der Waals surface area contributed by atoms with E-state index in [0.717, 1.165) is 35.7 Å². The predicted octanol–water partition coefficient (Wildman–Crippen LogP) is 1.74. The van der Waals surface area contributed by atoms with Crippen molar-refractivity contribution in [3.8, 4) is 17.2 Å². The van der Waals surface area contributed by atoms with Crippen molar-refractivity contribution in [1.29, 1.82) is 0 Å². The number of ether oxygens (including phenoxy) is 3. The molecule has 0 saturated carbocycles. The third-order valence-electron chi connectivity index (χ3n) is 4.67. The molecular weight excluding hydrogens is 311 g/mol. The van der Waals surface area contributed by atoms with Crippen molar-refractivity contribution < 1.29 is 23.5 Å². The zero-order valence-corrected chi connectivity index (χ0v) is 13.7.